The summed E-state index contributed by atoms with van der Waals surface area (Å²) in [5.74, 6) is -0.883. The van der Waals surface area contributed by atoms with Gasteiger partial charge in [0.15, 0.2) is 0 Å². The van der Waals surface area contributed by atoms with Crippen LogP contribution in [0.3, 0.4) is 0 Å². The topological polar surface area (TPSA) is 81.9 Å². The van der Waals surface area contributed by atoms with Gasteiger partial charge in [0.2, 0.25) is 5.91 Å². The first-order valence-electron chi connectivity index (χ1n) is 6.72. The quantitative estimate of drug-likeness (QED) is 0.745. The lowest BCUT2D eigenvalue weighted by Gasteiger charge is -2.13. The van der Waals surface area contributed by atoms with Crippen molar-refractivity contribution < 1.29 is 19.4 Å². The van der Waals surface area contributed by atoms with Crippen molar-refractivity contribution in [2.45, 2.75) is 12.8 Å². The maximum Gasteiger partial charge on any atom is 0.240 e. The van der Waals surface area contributed by atoms with Crippen molar-refractivity contribution in [2.75, 3.05) is 0 Å². The molecule has 1 heterocycles. The zero-order chi connectivity index (χ0) is 15.7. The molecule has 6 heteroatoms. The van der Waals surface area contributed by atoms with Gasteiger partial charge in [-0.2, -0.15) is 5.10 Å². The van der Waals surface area contributed by atoms with E-state index in [-0.39, 0.29) is 28.5 Å². The Kier molecular flexibility index (Phi) is 3.50. The van der Waals surface area contributed by atoms with Gasteiger partial charge >= 0.3 is 0 Å². The van der Waals surface area contributed by atoms with E-state index >= 15 is 0 Å². The molecule has 0 saturated heterocycles. The number of aromatic hydroxyl groups is 2. The molecule has 0 radical (unpaired) electrons. The first-order chi connectivity index (χ1) is 10.5. The third-order valence-corrected chi connectivity index (χ3v) is 3.48. The summed E-state index contributed by atoms with van der Waals surface area (Å²) in [6, 6.07) is 8.40. The van der Waals surface area contributed by atoms with Crippen LogP contribution in [0.4, 0.5) is 4.39 Å². The lowest BCUT2D eigenvalue weighted by molar-refractivity contribution is -0.121. The van der Waals surface area contributed by atoms with Crippen LogP contribution in [0.1, 0.15) is 18.4 Å². The summed E-state index contributed by atoms with van der Waals surface area (Å²) >= 11 is 0. The largest absolute Gasteiger partial charge is 0.508 e. The maximum absolute atomic E-state index is 14.3. The van der Waals surface area contributed by atoms with Gasteiger partial charge in [-0.15, -0.1) is 0 Å². The van der Waals surface area contributed by atoms with Gasteiger partial charge in [-0.3, -0.25) is 4.79 Å². The molecule has 0 bridgehead atoms. The van der Waals surface area contributed by atoms with Gasteiger partial charge in [0.05, 0.1) is 5.71 Å². The van der Waals surface area contributed by atoms with E-state index in [4.69, 9.17) is 0 Å². The number of halogens is 1. The first-order valence-corrected chi connectivity index (χ1v) is 6.72. The number of hydrazone groups is 1. The van der Waals surface area contributed by atoms with Crippen LogP contribution in [0.25, 0.3) is 11.1 Å². The second-order valence-electron chi connectivity index (χ2n) is 4.99. The molecule has 3 N–H and O–H groups in total. The highest BCUT2D eigenvalue weighted by Crippen LogP contribution is 2.34. The number of carbonyl (C=O) groups excluding carboxylic acids is 1. The molecule has 1 amide bonds. The highest BCUT2D eigenvalue weighted by atomic mass is 19.1. The van der Waals surface area contributed by atoms with Gasteiger partial charge in [0.1, 0.15) is 17.3 Å². The normalized spacial score (nSPS) is 14.4. The molecule has 0 atom stereocenters. The monoisotopic (exact) mass is 300 g/mol. The van der Waals surface area contributed by atoms with Crippen molar-refractivity contribution >= 4 is 11.6 Å². The Hall–Kier alpha value is -2.89. The minimum absolute atomic E-state index is 0.0596. The van der Waals surface area contributed by atoms with Crippen LogP contribution >= 0.6 is 0 Å². The number of nitrogens with one attached hydrogen (secondary N) is 1. The molecular formula is C16H13FN2O3. The minimum Gasteiger partial charge on any atom is -0.508 e. The van der Waals surface area contributed by atoms with E-state index in [1.54, 1.807) is 6.07 Å². The number of carbonyl (C=O) groups is 1. The van der Waals surface area contributed by atoms with Crippen molar-refractivity contribution in [3.63, 3.8) is 0 Å². The molecule has 0 unspecified atom stereocenters. The predicted molar refractivity (Wildman–Crippen MR) is 79.1 cm³/mol. The number of rotatable bonds is 2. The molecule has 0 aliphatic carbocycles. The summed E-state index contributed by atoms with van der Waals surface area (Å²) in [4.78, 5) is 11.1. The molecular weight excluding hydrogens is 287 g/mol. The number of hydrogen-bond donors (Lipinski definition) is 3. The Morgan fingerprint density at radius 1 is 1.05 bits per heavy atom. The first kappa shape index (κ1) is 14.1. The summed E-state index contributed by atoms with van der Waals surface area (Å²) in [5.41, 5.74) is 3.93. The van der Waals surface area contributed by atoms with E-state index in [1.807, 2.05) is 0 Å². The molecule has 0 spiro atoms. The van der Waals surface area contributed by atoms with E-state index in [0.29, 0.717) is 24.1 Å². The van der Waals surface area contributed by atoms with Crippen LogP contribution in [0.5, 0.6) is 11.5 Å². The summed E-state index contributed by atoms with van der Waals surface area (Å²) in [6.45, 7) is 0. The lowest BCUT2D eigenvalue weighted by atomic mass is 9.98. The van der Waals surface area contributed by atoms with Crippen LogP contribution in [0, 0.1) is 5.82 Å². The zero-order valence-corrected chi connectivity index (χ0v) is 11.5. The van der Waals surface area contributed by atoms with E-state index < -0.39 is 5.82 Å². The second-order valence-corrected chi connectivity index (χ2v) is 4.99. The van der Waals surface area contributed by atoms with Gasteiger partial charge in [-0.1, -0.05) is 12.1 Å². The number of amides is 1. The van der Waals surface area contributed by atoms with E-state index in [9.17, 15) is 19.4 Å². The fraction of sp³-hybridized carbons (Fsp3) is 0.125. The summed E-state index contributed by atoms with van der Waals surface area (Å²) in [5, 5.41) is 23.2. The fourth-order valence-corrected chi connectivity index (χ4v) is 2.34. The van der Waals surface area contributed by atoms with Crippen molar-refractivity contribution in [2.24, 2.45) is 5.10 Å². The minimum atomic E-state index is -0.544. The molecule has 2 aromatic rings. The van der Waals surface area contributed by atoms with Crippen molar-refractivity contribution in [1.29, 1.82) is 0 Å². The van der Waals surface area contributed by atoms with Crippen LogP contribution in [-0.2, 0) is 4.79 Å². The third kappa shape index (κ3) is 2.63. The molecule has 22 heavy (non-hydrogen) atoms. The highest BCUT2D eigenvalue weighted by Gasteiger charge is 2.16. The summed E-state index contributed by atoms with van der Waals surface area (Å²) in [6.07, 6.45) is 0.761. The lowest BCUT2D eigenvalue weighted by Crippen LogP contribution is -2.25. The van der Waals surface area contributed by atoms with E-state index in [2.05, 4.69) is 10.5 Å². The zero-order valence-electron chi connectivity index (χ0n) is 11.5. The van der Waals surface area contributed by atoms with Gasteiger partial charge < -0.3 is 10.2 Å². The van der Waals surface area contributed by atoms with Crippen molar-refractivity contribution in [3.05, 3.63) is 47.8 Å². The van der Waals surface area contributed by atoms with Crippen LogP contribution < -0.4 is 5.43 Å². The van der Waals surface area contributed by atoms with Gasteiger partial charge in [-0.25, -0.2) is 9.82 Å². The number of phenols is 2. The second kappa shape index (κ2) is 5.48. The SMILES string of the molecule is O=C1CCC(c2ccc(-c3cc(O)ccc3O)c(F)c2)=NN1. The van der Waals surface area contributed by atoms with Gasteiger partial charge in [-0.05, 0) is 24.3 Å². The van der Waals surface area contributed by atoms with Gasteiger partial charge in [0, 0.05) is 29.5 Å². The summed E-state index contributed by atoms with van der Waals surface area (Å²) in [7, 11) is 0. The average Bonchev–Trinajstić information content (AvgIpc) is 2.51. The smallest absolute Gasteiger partial charge is 0.240 e. The highest BCUT2D eigenvalue weighted by molar-refractivity contribution is 6.04. The summed E-state index contributed by atoms with van der Waals surface area (Å²) < 4.78 is 14.3. The molecule has 2 aromatic carbocycles. The molecule has 1 aliphatic rings. The van der Waals surface area contributed by atoms with Crippen LogP contribution in [0.15, 0.2) is 41.5 Å². The van der Waals surface area contributed by atoms with Crippen LogP contribution in [-0.4, -0.2) is 21.8 Å². The Balaban J connectivity index is 1.99. The molecule has 0 fully saturated rings. The standard InChI is InChI=1S/C16H13FN2O3/c17-13-7-9(14-4-6-16(22)19-18-14)1-3-11(13)12-8-10(20)2-5-15(12)21/h1-3,5,7-8,20-21H,4,6H2,(H,19,22). The molecule has 112 valence electrons. The molecule has 3 rings (SSSR count). The number of nitrogens with zero attached hydrogens (tertiary/aromatic N) is 1. The fourth-order valence-electron chi connectivity index (χ4n) is 2.34. The molecule has 5 nitrogen and oxygen atoms in total. The average molecular weight is 300 g/mol. The third-order valence-electron chi connectivity index (χ3n) is 3.48. The van der Waals surface area contributed by atoms with Crippen molar-refractivity contribution in [1.82, 2.24) is 5.43 Å². The molecule has 0 aromatic heterocycles. The Bertz CT molecular complexity index is 787. The van der Waals surface area contributed by atoms with E-state index in [1.165, 1.54) is 30.3 Å². The Morgan fingerprint density at radius 2 is 1.86 bits per heavy atom. The van der Waals surface area contributed by atoms with Gasteiger partial charge in [0.25, 0.3) is 0 Å². The Labute approximate surface area is 125 Å². The van der Waals surface area contributed by atoms with E-state index in [0.717, 1.165) is 0 Å². The number of hydrogen-bond acceptors (Lipinski definition) is 4. The molecule has 1 aliphatic heterocycles. The maximum atomic E-state index is 14.3. The Morgan fingerprint density at radius 3 is 2.55 bits per heavy atom. The predicted octanol–water partition coefficient (Wildman–Crippen LogP) is 2.52. The van der Waals surface area contributed by atoms with Crippen LogP contribution in [0.2, 0.25) is 0 Å². The number of phenolic OH excluding ortho intramolecular Hbond substituents is 2. The number of benzene rings is 2. The molecule has 0 saturated carbocycles. The van der Waals surface area contributed by atoms with Crippen molar-refractivity contribution in [3.8, 4) is 22.6 Å².